The van der Waals surface area contributed by atoms with Gasteiger partial charge in [-0.05, 0) is 6.42 Å². The number of morpholine rings is 1. The van der Waals surface area contributed by atoms with Gasteiger partial charge in [0.05, 0.1) is 31.1 Å². The van der Waals surface area contributed by atoms with Crippen LogP contribution in [0.2, 0.25) is 0 Å². The summed E-state index contributed by atoms with van der Waals surface area (Å²) in [4.78, 5) is 24.7. The molecule has 2 unspecified atom stereocenters. The van der Waals surface area contributed by atoms with Crippen molar-refractivity contribution < 1.29 is 19.1 Å². The molecule has 0 N–H and O–H groups in total. The van der Waals surface area contributed by atoms with E-state index in [-0.39, 0.29) is 29.2 Å². The highest BCUT2D eigenvalue weighted by Crippen LogP contribution is 2.14. The highest BCUT2D eigenvalue weighted by molar-refractivity contribution is 9.10. The van der Waals surface area contributed by atoms with Gasteiger partial charge in [-0.2, -0.15) is 0 Å². The van der Waals surface area contributed by atoms with Crippen molar-refractivity contribution in [2.75, 3.05) is 26.8 Å². The first-order chi connectivity index (χ1) is 8.08. The number of nitrogens with zero attached hydrogens (tertiary/aromatic N) is 1. The molecule has 1 rings (SSSR count). The molecule has 98 valence electrons. The number of esters is 1. The fraction of sp³-hybridized carbons (Fsp3) is 0.818. The number of carbonyl (C=O) groups is 2. The molecular formula is C11H18BrNO4. The predicted octanol–water partition coefficient (Wildman–Crippen LogP) is 0.950. The van der Waals surface area contributed by atoms with Gasteiger partial charge in [-0.3, -0.25) is 9.59 Å². The maximum Gasteiger partial charge on any atom is 0.308 e. The number of methoxy groups -OCH3 is 1. The summed E-state index contributed by atoms with van der Waals surface area (Å²) in [5.74, 6) is -0.249. The summed E-state index contributed by atoms with van der Waals surface area (Å²) in [6.45, 7) is 3.45. The summed E-state index contributed by atoms with van der Waals surface area (Å²) in [5, 5.41) is 0. The summed E-state index contributed by atoms with van der Waals surface area (Å²) in [6.07, 6.45) is 0.689. The van der Waals surface area contributed by atoms with E-state index in [0.29, 0.717) is 19.7 Å². The third-order valence-corrected chi connectivity index (χ3v) is 3.74. The Hall–Kier alpha value is -0.620. The number of carbonyl (C=O) groups excluding carboxylic acids is 2. The van der Waals surface area contributed by atoms with Crippen LogP contribution >= 0.6 is 15.9 Å². The largest absolute Gasteiger partial charge is 0.469 e. The first kappa shape index (κ1) is 14.4. The SMILES string of the molecule is CCC(Br)C(=O)N1CCOC(CC(=O)OC)C1. The predicted molar refractivity (Wildman–Crippen MR) is 66.0 cm³/mol. The number of hydrogen-bond donors (Lipinski definition) is 0. The molecule has 0 radical (unpaired) electrons. The van der Waals surface area contributed by atoms with Crippen molar-refractivity contribution in [1.82, 2.24) is 4.90 Å². The molecule has 0 aromatic heterocycles. The van der Waals surface area contributed by atoms with E-state index in [4.69, 9.17) is 4.74 Å². The molecule has 0 aromatic carbocycles. The van der Waals surface area contributed by atoms with Crippen molar-refractivity contribution in [2.24, 2.45) is 0 Å². The minimum atomic E-state index is -0.310. The second-order valence-corrected chi connectivity index (χ2v) is 5.04. The Morgan fingerprint density at radius 1 is 1.59 bits per heavy atom. The Morgan fingerprint density at radius 2 is 2.29 bits per heavy atom. The molecule has 5 nitrogen and oxygen atoms in total. The van der Waals surface area contributed by atoms with Gasteiger partial charge in [0.1, 0.15) is 0 Å². The smallest absolute Gasteiger partial charge is 0.308 e. The van der Waals surface area contributed by atoms with Crippen LogP contribution < -0.4 is 0 Å². The van der Waals surface area contributed by atoms with Crippen molar-refractivity contribution in [3.63, 3.8) is 0 Å². The van der Waals surface area contributed by atoms with Gasteiger partial charge < -0.3 is 14.4 Å². The lowest BCUT2D eigenvalue weighted by Gasteiger charge is -2.33. The number of amides is 1. The highest BCUT2D eigenvalue weighted by atomic mass is 79.9. The maximum atomic E-state index is 11.9. The van der Waals surface area contributed by atoms with E-state index in [9.17, 15) is 9.59 Å². The lowest BCUT2D eigenvalue weighted by Crippen LogP contribution is -2.48. The van der Waals surface area contributed by atoms with Crippen LogP contribution in [-0.2, 0) is 19.1 Å². The molecule has 0 aromatic rings. The van der Waals surface area contributed by atoms with Gasteiger partial charge in [-0.25, -0.2) is 0 Å². The monoisotopic (exact) mass is 307 g/mol. The Labute approximate surface area is 110 Å². The summed E-state index contributed by atoms with van der Waals surface area (Å²) in [6, 6.07) is 0. The second-order valence-electron chi connectivity index (χ2n) is 3.93. The van der Waals surface area contributed by atoms with Gasteiger partial charge in [0.25, 0.3) is 0 Å². The number of halogens is 1. The van der Waals surface area contributed by atoms with Gasteiger partial charge in [0.15, 0.2) is 0 Å². The first-order valence-electron chi connectivity index (χ1n) is 5.69. The fourth-order valence-electron chi connectivity index (χ4n) is 1.68. The minimum absolute atomic E-state index is 0.0608. The number of ether oxygens (including phenoxy) is 2. The molecule has 0 bridgehead atoms. The van der Waals surface area contributed by atoms with Gasteiger partial charge in [-0.1, -0.05) is 22.9 Å². The lowest BCUT2D eigenvalue weighted by atomic mass is 10.2. The Balaban J connectivity index is 2.48. The third-order valence-electron chi connectivity index (χ3n) is 2.70. The standard InChI is InChI=1S/C11H18BrNO4/c1-3-9(12)11(15)13-4-5-17-8(7-13)6-10(14)16-2/h8-9H,3-7H2,1-2H3. The molecule has 0 spiro atoms. The van der Waals surface area contributed by atoms with Crippen molar-refractivity contribution in [3.05, 3.63) is 0 Å². The van der Waals surface area contributed by atoms with Crippen molar-refractivity contribution >= 4 is 27.8 Å². The normalized spacial score (nSPS) is 22.1. The van der Waals surface area contributed by atoms with Crippen LogP contribution in [-0.4, -0.2) is 54.5 Å². The van der Waals surface area contributed by atoms with Crippen LogP contribution in [0.25, 0.3) is 0 Å². The lowest BCUT2D eigenvalue weighted by molar-refractivity contribution is -0.149. The first-order valence-corrected chi connectivity index (χ1v) is 6.61. The van der Waals surface area contributed by atoms with Crippen LogP contribution in [0, 0.1) is 0 Å². The second kappa shape index (κ2) is 6.96. The van der Waals surface area contributed by atoms with E-state index in [1.54, 1.807) is 4.90 Å². The zero-order valence-corrected chi connectivity index (χ0v) is 11.7. The van der Waals surface area contributed by atoms with Crippen molar-refractivity contribution in [2.45, 2.75) is 30.7 Å². The van der Waals surface area contributed by atoms with Crippen LogP contribution in [0.15, 0.2) is 0 Å². The van der Waals surface area contributed by atoms with Gasteiger partial charge in [0.2, 0.25) is 5.91 Å². The Bertz CT molecular complexity index is 285. The molecular weight excluding hydrogens is 290 g/mol. The molecule has 17 heavy (non-hydrogen) atoms. The average Bonchev–Trinajstić information content (AvgIpc) is 2.37. The van der Waals surface area contributed by atoms with E-state index < -0.39 is 0 Å². The van der Waals surface area contributed by atoms with Crippen LogP contribution in [0.3, 0.4) is 0 Å². The van der Waals surface area contributed by atoms with E-state index in [1.807, 2.05) is 6.92 Å². The van der Waals surface area contributed by atoms with Crippen LogP contribution in [0.5, 0.6) is 0 Å². The summed E-state index contributed by atoms with van der Waals surface area (Å²) in [7, 11) is 1.35. The number of rotatable bonds is 4. The van der Waals surface area contributed by atoms with Gasteiger partial charge in [-0.15, -0.1) is 0 Å². The fourth-order valence-corrected chi connectivity index (χ4v) is 1.97. The zero-order chi connectivity index (χ0) is 12.8. The summed E-state index contributed by atoms with van der Waals surface area (Å²) < 4.78 is 10.0. The summed E-state index contributed by atoms with van der Waals surface area (Å²) >= 11 is 3.34. The molecule has 0 aliphatic carbocycles. The molecule has 1 amide bonds. The van der Waals surface area contributed by atoms with E-state index in [0.717, 1.165) is 6.42 Å². The highest BCUT2D eigenvalue weighted by Gasteiger charge is 2.28. The third kappa shape index (κ3) is 4.27. The van der Waals surface area contributed by atoms with Crippen molar-refractivity contribution in [1.29, 1.82) is 0 Å². The van der Waals surface area contributed by atoms with Gasteiger partial charge >= 0.3 is 5.97 Å². The van der Waals surface area contributed by atoms with Gasteiger partial charge in [0, 0.05) is 13.1 Å². The zero-order valence-electron chi connectivity index (χ0n) is 10.1. The quantitative estimate of drug-likeness (QED) is 0.573. The van der Waals surface area contributed by atoms with E-state index in [2.05, 4.69) is 20.7 Å². The van der Waals surface area contributed by atoms with E-state index in [1.165, 1.54) is 7.11 Å². The average molecular weight is 308 g/mol. The Morgan fingerprint density at radius 3 is 2.88 bits per heavy atom. The Kier molecular flexibility index (Phi) is 5.91. The van der Waals surface area contributed by atoms with E-state index >= 15 is 0 Å². The molecule has 1 fully saturated rings. The number of alkyl halides is 1. The molecule has 0 saturated carbocycles. The molecule has 1 saturated heterocycles. The topological polar surface area (TPSA) is 55.8 Å². The molecule has 1 heterocycles. The van der Waals surface area contributed by atoms with Crippen molar-refractivity contribution in [3.8, 4) is 0 Å². The van der Waals surface area contributed by atoms with Crippen LogP contribution in [0.4, 0.5) is 0 Å². The molecule has 1 aliphatic heterocycles. The minimum Gasteiger partial charge on any atom is -0.469 e. The molecule has 1 aliphatic rings. The maximum absolute atomic E-state index is 11.9. The molecule has 2 atom stereocenters. The molecule has 6 heteroatoms. The number of hydrogen-bond acceptors (Lipinski definition) is 4. The summed E-state index contributed by atoms with van der Waals surface area (Å²) in [5.41, 5.74) is 0. The van der Waals surface area contributed by atoms with Crippen LogP contribution in [0.1, 0.15) is 19.8 Å².